The minimum Gasteiger partial charge on any atom is -0.846 e. The van der Waals surface area contributed by atoms with Crippen LogP contribution in [0.25, 0.3) is 0 Å². The number of nitrogens with zero attached hydrogens (tertiary/aromatic N) is 1. The topological polar surface area (TPSA) is 131 Å². The van der Waals surface area contributed by atoms with Crippen LogP contribution in [-0.2, 0) is 14.3 Å². The molecule has 0 aliphatic carbocycles. The number of amidine groups is 1. The predicted octanol–water partition coefficient (Wildman–Crippen LogP) is 0.374. The molecule has 0 aromatic heterocycles. The molecule has 1 rings (SSSR count). The van der Waals surface area contributed by atoms with Crippen LogP contribution in [0.5, 0.6) is 0 Å². The van der Waals surface area contributed by atoms with Gasteiger partial charge in [0.1, 0.15) is 5.41 Å². The van der Waals surface area contributed by atoms with Gasteiger partial charge in [-0.3, -0.25) is 9.59 Å². The van der Waals surface area contributed by atoms with E-state index in [1.807, 2.05) is 27.7 Å². The van der Waals surface area contributed by atoms with Crippen LogP contribution in [0.3, 0.4) is 0 Å². The van der Waals surface area contributed by atoms with Crippen molar-refractivity contribution < 1.29 is 59.2 Å². The Bertz CT molecular complexity index is 518. The van der Waals surface area contributed by atoms with Crippen molar-refractivity contribution in [3.8, 4) is 0 Å². The summed E-state index contributed by atoms with van der Waals surface area (Å²) in [7, 11) is 0. The van der Waals surface area contributed by atoms with Gasteiger partial charge in [-0.05, 0) is 45.4 Å². The minimum atomic E-state index is -1.15. The number of aliphatic imine (C=N–C) groups is 1. The number of hydrogen-bond acceptors (Lipinski definition) is 6. The maximum Gasteiger partial charge on any atom is 1.00 e. The van der Waals surface area contributed by atoms with E-state index in [2.05, 4.69) is 37.3 Å². The molecule has 8 nitrogen and oxygen atoms in total. The zero-order valence-electron chi connectivity index (χ0n) is 23.0. The van der Waals surface area contributed by atoms with Crippen molar-refractivity contribution in [3.05, 3.63) is 25.3 Å². The van der Waals surface area contributed by atoms with Gasteiger partial charge in [0.15, 0.2) is 0 Å². The van der Waals surface area contributed by atoms with Crippen molar-refractivity contribution in [1.29, 1.82) is 0 Å². The molecule has 0 aromatic rings. The van der Waals surface area contributed by atoms with Gasteiger partial charge in [0, 0.05) is 13.2 Å². The van der Waals surface area contributed by atoms with Crippen LogP contribution in [0.4, 0.5) is 0 Å². The monoisotopic (exact) mass is 496 g/mol. The van der Waals surface area contributed by atoms with Crippen molar-refractivity contribution in [2.45, 2.75) is 80.6 Å². The van der Waals surface area contributed by atoms with Crippen molar-refractivity contribution in [3.63, 3.8) is 0 Å². The standard InChI is InChI=1S/C11H18N2O3.C6H14O.2C3H6.C2H6O2.Na/c1-4-6-7(3)11(5-2)8(14)12-10(16)13-9(11)15;1-3-5-7-6-4-2;2*1-3-2;3-1-2-4;/h7H,4-6H2,1-3H3,(H2,12,13,14,15,16);3-6H2,1-2H3;2*3H,1H2,2H3;3-4H,1-2H2;/q;;;;;+1/p-1. The molecule has 0 spiro atoms. The molecule has 0 saturated heterocycles. The van der Waals surface area contributed by atoms with E-state index in [1.165, 1.54) is 0 Å². The van der Waals surface area contributed by atoms with E-state index in [-0.39, 0.29) is 48.7 Å². The van der Waals surface area contributed by atoms with Gasteiger partial charge in [0.2, 0.25) is 5.91 Å². The Morgan fingerprint density at radius 1 is 1.03 bits per heavy atom. The molecule has 9 heteroatoms. The van der Waals surface area contributed by atoms with Gasteiger partial charge in [-0.1, -0.05) is 53.2 Å². The molecule has 34 heavy (non-hydrogen) atoms. The minimum absolute atomic E-state index is 0. The van der Waals surface area contributed by atoms with Crippen molar-refractivity contribution in [2.75, 3.05) is 26.4 Å². The average Bonchev–Trinajstić information content (AvgIpc) is 2.76. The van der Waals surface area contributed by atoms with Gasteiger partial charge in [0.05, 0.1) is 19.2 Å². The van der Waals surface area contributed by atoms with Gasteiger partial charge in [-0.25, -0.2) is 4.99 Å². The average molecular weight is 497 g/mol. The van der Waals surface area contributed by atoms with Crippen LogP contribution in [0.1, 0.15) is 80.6 Å². The van der Waals surface area contributed by atoms with E-state index in [0.29, 0.717) is 6.42 Å². The fourth-order valence-electron chi connectivity index (χ4n) is 2.69. The van der Waals surface area contributed by atoms with E-state index in [4.69, 9.17) is 14.9 Å². The second-order valence-electron chi connectivity index (χ2n) is 7.07. The van der Waals surface area contributed by atoms with Crippen molar-refractivity contribution in [1.82, 2.24) is 5.32 Å². The summed E-state index contributed by atoms with van der Waals surface area (Å²) < 4.78 is 5.13. The number of aliphatic hydroxyl groups excluding tert-OH is 2. The number of allylic oxidation sites excluding steroid dienone is 2. The second-order valence-corrected chi connectivity index (χ2v) is 7.07. The molecule has 0 fully saturated rings. The zero-order valence-corrected chi connectivity index (χ0v) is 25.0. The maximum absolute atomic E-state index is 11.9. The van der Waals surface area contributed by atoms with E-state index in [1.54, 1.807) is 19.1 Å². The Labute approximate surface area is 230 Å². The summed E-state index contributed by atoms with van der Waals surface area (Å²) in [5.74, 6) is -1.20. The molecule has 0 saturated carbocycles. The van der Waals surface area contributed by atoms with E-state index in [9.17, 15) is 14.7 Å². The number of amides is 2. The summed E-state index contributed by atoms with van der Waals surface area (Å²) in [6.45, 7) is 22.0. The number of rotatable bonds is 9. The first-order chi connectivity index (χ1) is 15.6. The Morgan fingerprint density at radius 2 is 1.44 bits per heavy atom. The number of carbonyl (C=O) groups is 2. The maximum atomic E-state index is 11.9. The first kappa shape index (κ1) is 43.1. The normalized spacial score (nSPS) is 16.4. The fourth-order valence-corrected chi connectivity index (χ4v) is 2.69. The van der Waals surface area contributed by atoms with Crippen LogP contribution in [0.15, 0.2) is 30.3 Å². The van der Waals surface area contributed by atoms with Crippen LogP contribution in [0, 0.1) is 11.3 Å². The summed E-state index contributed by atoms with van der Waals surface area (Å²) in [4.78, 5) is 27.1. The molecule has 0 aromatic carbocycles. The van der Waals surface area contributed by atoms with Gasteiger partial charge in [0.25, 0.3) is 5.91 Å². The summed E-state index contributed by atoms with van der Waals surface area (Å²) in [5, 5.41) is 28.3. The Morgan fingerprint density at radius 3 is 1.71 bits per heavy atom. The van der Waals surface area contributed by atoms with Crippen LogP contribution in [0.2, 0.25) is 0 Å². The summed E-state index contributed by atoms with van der Waals surface area (Å²) in [5.41, 5.74) is -1.15. The molecule has 0 radical (unpaired) electrons. The number of ether oxygens (including phenoxy) is 1. The van der Waals surface area contributed by atoms with Crippen molar-refractivity contribution in [2.24, 2.45) is 16.3 Å². The summed E-state index contributed by atoms with van der Waals surface area (Å²) >= 11 is 0. The zero-order chi connectivity index (χ0) is 26.7. The molecular weight excluding hydrogens is 447 g/mol. The fraction of sp³-hybridized carbons (Fsp3) is 0.720. The summed E-state index contributed by atoms with van der Waals surface area (Å²) in [6.07, 6.45) is 7.80. The summed E-state index contributed by atoms with van der Waals surface area (Å²) in [6, 6.07) is -0.845. The molecule has 1 aliphatic heterocycles. The van der Waals surface area contributed by atoms with Crippen LogP contribution < -0.4 is 40.0 Å². The molecular formula is C25H49N2NaO6. The van der Waals surface area contributed by atoms with Gasteiger partial charge in [-0.2, -0.15) is 0 Å². The molecule has 2 amide bonds. The first-order valence-electron chi connectivity index (χ1n) is 11.7. The second kappa shape index (κ2) is 32.0. The SMILES string of the molecule is C=CC.C=CC.CCCC(C)C1(CC)C(=O)N=C([O-])NC1=O.CCCOCCC.OCCO.[Na+]. The molecule has 1 heterocycles. The Balaban J connectivity index is -0.000000130. The first-order valence-corrected chi connectivity index (χ1v) is 11.7. The van der Waals surface area contributed by atoms with Gasteiger partial charge >= 0.3 is 29.6 Å². The number of carbonyl (C=O) groups excluding carboxylic acids is 2. The molecule has 1 aliphatic rings. The smallest absolute Gasteiger partial charge is 0.846 e. The Kier molecular flexibility index (Phi) is 40.5. The van der Waals surface area contributed by atoms with Gasteiger partial charge in [-0.15, -0.1) is 13.2 Å². The third kappa shape index (κ3) is 21.5. The third-order valence-corrected chi connectivity index (χ3v) is 4.13. The number of aliphatic hydroxyl groups is 2. The van der Waals surface area contributed by atoms with E-state index < -0.39 is 23.3 Å². The van der Waals surface area contributed by atoms with Gasteiger partial charge < -0.3 is 25.4 Å². The molecule has 2 atom stereocenters. The molecule has 0 bridgehead atoms. The largest absolute Gasteiger partial charge is 1.00 e. The van der Waals surface area contributed by atoms with Crippen molar-refractivity contribution >= 4 is 17.8 Å². The molecule has 2 unspecified atom stereocenters. The van der Waals surface area contributed by atoms with Crippen LogP contribution in [-0.4, -0.2) is 54.5 Å². The number of nitrogens with one attached hydrogen (secondary N) is 1. The Hall–Kier alpha value is -1.03. The van der Waals surface area contributed by atoms with Crippen LogP contribution >= 0.6 is 0 Å². The molecule has 196 valence electrons. The quantitative estimate of drug-likeness (QED) is 0.183. The third-order valence-electron chi connectivity index (χ3n) is 4.13. The predicted molar refractivity (Wildman–Crippen MR) is 135 cm³/mol. The molecule has 3 N–H and O–H groups in total. The van der Waals surface area contributed by atoms with E-state index in [0.717, 1.165) is 38.9 Å². The van der Waals surface area contributed by atoms with E-state index >= 15 is 0 Å². The number of hydrogen-bond donors (Lipinski definition) is 3.